The van der Waals surface area contributed by atoms with E-state index in [1.807, 2.05) is 13.8 Å². The summed E-state index contributed by atoms with van der Waals surface area (Å²) in [4.78, 5) is 11.6. The molecule has 1 rings (SSSR count). The lowest BCUT2D eigenvalue weighted by molar-refractivity contribution is -0.120. The maximum absolute atomic E-state index is 11.6. The molecule has 1 aromatic rings. The summed E-state index contributed by atoms with van der Waals surface area (Å²) in [5.74, 6) is 0.506. The second-order valence-corrected chi connectivity index (χ2v) is 4.56. The van der Waals surface area contributed by atoms with Gasteiger partial charge in [0.25, 0.3) is 0 Å². The third-order valence-electron chi connectivity index (χ3n) is 2.69. The highest BCUT2D eigenvalue weighted by atomic mass is 16.3. The van der Waals surface area contributed by atoms with Crippen molar-refractivity contribution in [2.45, 2.75) is 26.3 Å². The van der Waals surface area contributed by atoms with E-state index in [2.05, 4.69) is 5.32 Å². The first-order chi connectivity index (χ1) is 7.99. The summed E-state index contributed by atoms with van der Waals surface area (Å²) in [6.45, 7) is 4.54. The van der Waals surface area contributed by atoms with Gasteiger partial charge in [-0.15, -0.1) is 0 Å². The third kappa shape index (κ3) is 4.87. The van der Waals surface area contributed by atoms with E-state index >= 15 is 0 Å². The average Bonchev–Trinajstić information content (AvgIpc) is 2.29. The Morgan fingerprint density at radius 3 is 2.47 bits per heavy atom. The van der Waals surface area contributed by atoms with Crippen molar-refractivity contribution in [3.63, 3.8) is 0 Å². The number of hydrogen-bond donors (Lipinski definition) is 3. The number of carbonyl (C=O) groups is 1. The van der Waals surface area contributed by atoms with Gasteiger partial charge < -0.3 is 16.2 Å². The van der Waals surface area contributed by atoms with Crippen molar-refractivity contribution < 1.29 is 9.90 Å². The maximum atomic E-state index is 11.6. The van der Waals surface area contributed by atoms with E-state index in [-0.39, 0.29) is 17.7 Å². The zero-order valence-corrected chi connectivity index (χ0v) is 10.3. The first-order valence-electron chi connectivity index (χ1n) is 5.79. The van der Waals surface area contributed by atoms with E-state index in [0.717, 1.165) is 5.56 Å². The molecule has 0 radical (unpaired) electrons. The van der Waals surface area contributed by atoms with Crippen LogP contribution < -0.4 is 11.1 Å². The topological polar surface area (TPSA) is 75.3 Å². The van der Waals surface area contributed by atoms with Crippen LogP contribution in [0.15, 0.2) is 24.3 Å². The molecule has 1 aromatic carbocycles. The minimum Gasteiger partial charge on any atom is -0.508 e. The van der Waals surface area contributed by atoms with Crippen molar-refractivity contribution in [3.05, 3.63) is 29.8 Å². The van der Waals surface area contributed by atoms with Crippen molar-refractivity contribution in [1.82, 2.24) is 5.32 Å². The van der Waals surface area contributed by atoms with Crippen LogP contribution in [0.2, 0.25) is 0 Å². The van der Waals surface area contributed by atoms with Crippen molar-refractivity contribution in [2.75, 3.05) is 6.54 Å². The van der Waals surface area contributed by atoms with Gasteiger partial charge in [-0.2, -0.15) is 0 Å². The first-order valence-corrected chi connectivity index (χ1v) is 5.79. The standard InChI is InChI=1S/C13H20N2O2/c1-9(2)12(14)8-15-13(17)7-10-3-5-11(16)6-4-10/h3-6,9,12,16H,7-8,14H2,1-2H3,(H,15,17). The second kappa shape index (κ2) is 6.25. The molecule has 0 fully saturated rings. The molecule has 0 bridgehead atoms. The molecule has 0 aliphatic heterocycles. The van der Waals surface area contributed by atoms with Gasteiger partial charge in [0.05, 0.1) is 6.42 Å². The Morgan fingerprint density at radius 1 is 1.35 bits per heavy atom. The Kier molecular flexibility index (Phi) is 4.97. The van der Waals surface area contributed by atoms with Gasteiger partial charge in [-0.1, -0.05) is 26.0 Å². The number of phenolic OH excluding ortho intramolecular Hbond substituents is 1. The Morgan fingerprint density at radius 2 is 1.94 bits per heavy atom. The number of amides is 1. The van der Waals surface area contributed by atoms with Gasteiger partial charge in [-0.05, 0) is 23.6 Å². The van der Waals surface area contributed by atoms with E-state index in [0.29, 0.717) is 18.9 Å². The van der Waals surface area contributed by atoms with Crippen molar-refractivity contribution in [3.8, 4) is 5.75 Å². The van der Waals surface area contributed by atoms with E-state index in [9.17, 15) is 4.79 Å². The summed E-state index contributed by atoms with van der Waals surface area (Å²) < 4.78 is 0. The number of nitrogens with two attached hydrogens (primary N) is 1. The Balaban J connectivity index is 2.37. The Bertz CT molecular complexity index is 360. The van der Waals surface area contributed by atoms with Crippen LogP contribution in [-0.4, -0.2) is 23.6 Å². The molecule has 1 amide bonds. The van der Waals surface area contributed by atoms with Gasteiger partial charge in [0.2, 0.25) is 5.91 Å². The zero-order valence-electron chi connectivity index (χ0n) is 10.3. The minimum atomic E-state index is -0.0493. The maximum Gasteiger partial charge on any atom is 0.224 e. The highest BCUT2D eigenvalue weighted by Gasteiger charge is 2.09. The Labute approximate surface area is 102 Å². The van der Waals surface area contributed by atoms with Crippen molar-refractivity contribution >= 4 is 5.91 Å². The van der Waals surface area contributed by atoms with Crippen LogP contribution >= 0.6 is 0 Å². The lowest BCUT2D eigenvalue weighted by Crippen LogP contribution is -2.40. The van der Waals surface area contributed by atoms with Gasteiger partial charge in [0.1, 0.15) is 5.75 Å². The highest BCUT2D eigenvalue weighted by Crippen LogP contribution is 2.09. The number of rotatable bonds is 5. The fourth-order valence-corrected chi connectivity index (χ4v) is 1.33. The molecule has 0 aliphatic rings. The summed E-state index contributed by atoms with van der Waals surface area (Å²) in [5.41, 5.74) is 6.70. The van der Waals surface area contributed by atoms with Crippen LogP contribution in [0.3, 0.4) is 0 Å². The number of nitrogens with one attached hydrogen (secondary N) is 1. The van der Waals surface area contributed by atoms with Crippen LogP contribution in [0.5, 0.6) is 5.75 Å². The van der Waals surface area contributed by atoms with Crippen LogP contribution in [-0.2, 0) is 11.2 Å². The monoisotopic (exact) mass is 236 g/mol. The summed E-state index contributed by atoms with van der Waals surface area (Å²) in [5, 5.41) is 11.9. The molecule has 0 spiro atoms. The lowest BCUT2D eigenvalue weighted by atomic mass is 10.1. The van der Waals surface area contributed by atoms with Crippen molar-refractivity contribution in [2.24, 2.45) is 11.7 Å². The molecule has 0 saturated heterocycles. The molecule has 4 N–H and O–H groups in total. The predicted molar refractivity (Wildman–Crippen MR) is 67.6 cm³/mol. The normalized spacial score (nSPS) is 12.5. The van der Waals surface area contributed by atoms with Gasteiger partial charge in [-0.25, -0.2) is 0 Å². The van der Waals surface area contributed by atoms with Gasteiger partial charge >= 0.3 is 0 Å². The number of aromatic hydroxyl groups is 1. The fraction of sp³-hybridized carbons (Fsp3) is 0.462. The highest BCUT2D eigenvalue weighted by molar-refractivity contribution is 5.78. The van der Waals surface area contributed by atoms with E-state index in [1.165, 1.54) is 0 Å². The summed E-state index contributed by atoms with van der Waals surface area (Å²) >= 11 is 0. The average molecular weight is 236 g/mol. The van der Waals surface area contributed by atoms with Crippen molar-refractivity contribution in [1.29, 1.82) is 0 Å². The minimum absolute atomic E-state index is 0.0150. The van der Waals surface area contributed by atoms with Gasteiger partial charge in [-0.3, -0.25) is 4.79 Å². The predicted octanol–water partition coefficient (Wildman–Crippen LogP) is 1.03. The van der Waals surface area contributed by atoms with Gasteiger partial charge in [0.15, 0.2) is 0 Å². The molecule has 0 aromatic heterocycles. The summed E-state index contributed by atoms with van der Waals surface area (Å²) in [6, 6.07) is 6.60. The summed E-state index contributed by atoms with van der Waals surface area (Å²) in [7, 11) is 0. The number of carbonyl (C=O) groups excluding carboxylic acids is 1. The molecular formula is C13H20N2O2. The SMILES string of the molecule is CC(C)C(N)CNC(=O)Cc1ccc(O)cc1. The fourth-order valence-electron chi connectivity index (χ4n) is 1.33. The Hall–Kier alpha value is -1.55. The molecule has 1 unspecified atom stereocenters. The number of phenols is 1. The van der Waals surface area contributed by atoms with E-state index < -0.39 is 0 Å². The van der Waals surface area contributed by atoms with Crippen LogP contribution in [0.4, 0.5) is 0 Å². The molecule has 94 valence electrons. The molecule has 4 nitrogen and oxygen atoms in total. The molecule has 1 atom stereocenters. The second-order valence-electron chi connectivity index (χ2n) is 4.56. The molecular weight excluding hydrogens is 216 g/mol. The van der Waals surface area contributed by atoms with Crippen LogP contribution in [0.1, 0.15) is 19.4 Å². The van der Waals surface area contributed by atoms with Crippen LogP contribution in [0.25, 0.3) is 0 Å². The van der Waals surface area contributed by atoms with E-state index in [1.54, 1.807) is 24.3 Å². The molecule has 17 heavy (non-hydrogen) atoms. The van der Waals surface area contributed by atoms with E-state index in [4.69, 9.17) is 10.8 Å². The van der Waals surface area contributed by atoms with Crippen LogP contribution in [0, 0.1) is 5.92 Å². The smallest absolute Gasteiger partial charge is 0.224 e. The largest absolute Gasteiger partial charge is 0.508 e. The summed E-state index contributed by atoms with van der Waals surface area (Å²) in [6.07, 6.45) is 0.311. The third-order valence-corrected chi connectivity index (χ3v) is 2.69. The van der Waals surface area contributed by atoms with Gasteiger partial charge in [0, 0.05) is 12.6 Å². The lowest BCUT2D eigenvalue weighted by Gasteiger charge is -2.16. The molecule has 0 heterocycles. The molecule has 4 heteroatoms. The number of hydrogen-bond acceptors (Lipinski definition) is 3. The first kappa shape index (κ1) is 13.5. The molecule has 0 saturated carbocycles. The quantitative estimate of drug-likeness (QED) is 0.715. The molecule has 0 aliphatic carbocycles. The number of benzene rings is 1. The zero-order chi connectivity index (χ0) is 12.8.